The summed E-state index contributed by atoms with van der Waals surface area (Å²) in [4.78, 5) is 0. The van der Waals surface area contributed by atoms with Gasteiger partial charge in [-0.1, -0.05) is 99.3 Å². The van der Waals surface area contributed by atoms with Crippen molar-refractivity contribution in [2.75, 3.05) is 0 Å². The van der Waals surface area contributed by atoms with Crippen LogP contribution in [0.5, 0.6) is 0 Å². The molecule has 0 aliphatic heterocycles. The Morgan fingerprint density at radius 1 is 0.762 bits per heavy atom. The van der Waals surface area contributed by atoms with Crippen molar-refractivity contribution in [2.24, 2.45) is 0 Å². The first-order chi connectivity index (χ1) is 10.3. The SMILES string of the molecule is C=C(/C=C\C(=C/C)c1ccccc1)c1ccccc1.CC. The Bertz CT molecular complexity index is 586. The third-order valence-corrected chi connectivity index (χ3v) is 3.03. The van der Waals surface area contributed by atoms with E-state index in [1.54, 1.807) is 0 Å². The zero-order valence-corrected chi connectivity index (χ0v) is 13.2. The molecule has 0 radical (unpaired) electrons. The third kappa shape index (κ3) is 5.27. The Morgan fingerprint density at radius 2 is 1.24 bits per heavy atom. The first-order valence-corrected chi connectivity index (χ1v) is 7.45. The van der Waals surface area contributed by atoms with Crippen LogP contribution in [0.1, 0.15) is 31.9 Å². The second-order valence-corrected chi connectivity index (χ2v) is 4.33. The summed E-state index contributed by atoms with van der Waals surface area (Å²) in [7, 11) is 0. The molecule has 0 saturated carbocycles. The molecule has 0 nitrogen and oxygen atoms in total. The maximum atomic E-state index is 4.11. The van der Waals surface area contributed by atoms with Gasteiger partial charge in [-0.25, -0.2) is 0 Å². The lowest BCUT2D eigenvalue weighted by Gasteiger charge is -2.03. The summed E-state index contributed by atoms with van der Waals surface area (Å²) in [6.45, 7) is 10.2. The fourth-order valence-corrected chi connectivity index (χ4v) is 1.93. The highest BCUT2D eigenvalue weighted by molar-refractivity contribution is 5.80. The summed E-state index contributed by atoms with van der Waals surface area (Å²) in [6.07, 6.45) is 6.30. The molecule has 0 saturated heterocycles. The predicted octanol–water partition coefficient (Wildman–Crippen LogP) is 6.39. The molecule has 2 aromatic carbocycles. The van der Waals surface area contributed by atoms with Crippen LogP contribution in [0.3, 0.4) is 0 Å². The molecule has 0 N–H and O–H groups in total. The molecule has 0 bridgehead atoms. The van der Waals surface area contributed by atoms with Crippen LogP contribution in [0.15, 0.2) is 85.5 Å². The first-order valence-electron chi connectivity index (χ1n) is 7.45. The lowest BCUT2D eigenvalue weighted by atomic mass is 10.0. The lowest BCUT2D eigenvalue weighted by molar-refractivity contribution is 1.50. The standard InChI is InChI=1S/C19H18.C2H6/c1-3-17(19-12-8-5-9-13-19)15-14-16(2)18-10-6-4-7-11-18;1-2/h3-15H,2H2,1H3;1-2H3/b15-14-,17-3+;. The predicted molar refractivity (Wildman–Crippen MR) is 96.1 cm³/mol. The highest BCUT2D eigenvalue weighted by atomic mass is 14.0. The number of rotatable bonds is 4. The highest BCUT2D eigenvalue weighted by Gasteiger charge is 1.96. The molecule has 0 atom stereocenters. The monoisotopic (exact) mass is 276 g/mol. The van der Waals surface area contributed by atoms with Crippen LogP contribution in [0.2, 0.25) is 0 Å². The largest absolute Gasteiger partial charge is 0.0912 e. The van der Waals surface area contributed by atoms with E-state index < -0.39 is 0 Å². The van der Waals surface area contributed by atoms with Crippen molar-refractivity contribution in [1.29, 1.82) is 0 Å². The summed E-state index contributed by atoms with van der Waals surface area (Å²) in [5.41, 5.74) is 4.61. The minimum Gasteiger partial charge on any atom is -0.0912 e. The van der Waals surface area contributed by atoms with Gasteiger partial charge in [0.05, 0.1) is 0 Å². The summed E-state index contributed by atoms with van der Waals surface area (Å²) in [5.74, 6) is 0. The van der Waals surface area contributed by atoms with E-state index >= 15 is 0 Å². The van der Waals surface area contributed by atoms with Gasteiger partial charge in [0, 0.05) is 0 Å². The Kier molecular flexibility index (Phi) is 7.60. The zero-order valence-electron chi connectivity index (χ0n) is 13.2. The molecule has 0 fully saturated rings. The number of hydrogen-bond acceptors (Lipinski definition) is 0. The normalized spacial score (nSPS) is 10.9. The second kappa shape index (κ2) is 9.55. The zero-order chi connectivity index (χ0) is 15.5. The lowest BCUT2D eigenvalue weighted by Crippen LogP contribution is -1.81. The molecule has 0 aliphatic carbocycles. The third-order valence-electron chi connectivity index (χ3n) is 3.03. The van der Waals surface area contributed by atoms with E-state index in [2.05, 4.69) is 68.1 Å². The average molecular weight is 276 g/mol. The molecule has 0 aliphatic rings. The number of benzene rings is 2. The van der Waals surface area contributed by atoms with Crippen molar-refractivity contribution in [3.8, 4) is 0 Å². The van der Waals surface area contributed by atoms with Gasteiger partial charge >= 0.3 is 0 Å². The molecule has 0 aromatic heterocycles. The Labute approximate surface area is 129 Å². The Morgan fingerprint density at radius 3 is 1.71 bits per heavy atom. The van der Waals surface area contributed by atoms with Crippen LogP contribution >= 0.6 is 0 Å². The van der Waals surface area contributed by atoms with Crippen LogP contribution in [-0.4, -0.2) is 0 Å². The van der Waals surface area contributed by atoms with E-state index in [1.807, 2.05) is 38.1 Å². The smallest absolute Gasteiger partial charge is 0.0187 e. The van der Waals surface area contributed by atoms with Crippen molar-refractivity contribution in [2.45, 2.75) is 20.8 Å². The van der Waals surface area contributed by atoms with Gasteiger partial charge in [0.15, 0.2) is 0 Å². The summed E-state index contributed by atoms with van der Waals surface area (Å²) in [5, 5.41) is 0. The number of hydrogen-bond donors (Lipinski definition) is 0. The first kappa shape index (κ1) is 16.7. The Hall–Kier alpha value is -2.34. The summed E-state index contributed by atoms with van der Waals surface area (Å²) >= 11 is 0. The van der Waals surface area contributed by atoms with E-state index in [0.717, 1.165) is 11.1 Å². The maximum Gasteiger partial charge on any atom is -0.0187 e. The van der Waals surface area contributed by atoms with Gasteiger partial charge in [-0.2, -0.15) is 0 Å². The van der Waals surface area contributed by atoms with Gasteiger partial charge in [0.2, 0.25) is 0 Å². The van der Waals surface area contributed by atoms with Gasteiger partial charge in [-0.15, -0.1) is 0 Å². The summed E-state index contributed by atoms with van der Waals surface area (Å²) < 4.78 is 0. The van der Waals surface area contributed by atoms with Crippen LogP contribution in [0, 0.1) is 0 Å². The van der Waals surface area contributed by atoms with Crippen molar-refractivity contribution in [3.05, 3.63) is 96.6 Å². The van der Waals surface area contributed by atoms with Crippen LogP contribution < -0.4 is 0 Å². The van der Waals surface area contributed by atoms with Crippen LogP contribution in [0.25, 0.3) is 11.1 Å². The van der Waals surface area contributed by atoms with Crippen molar-refractivity contribution >= 4 is 11.1 Å². The molecule has 2 aromatic rings. The van der Waals surface area contributed by atoms with Crippen LogP contribution in [-0.2, 0) is 0 Å². The molecular weight excluding hydrogens is 252 g/mol. The van der Waals surface area contributed by atoms with Gasteiger partial charge in [0.25, 0.3) is 0 Å². The van der Waals surface area contributed by atoms with E-state index in [0.29, 0.717) is 0 Å². The second-order valence-electron chi connectivity index (χ2n) is 4.33. The summed E-state index contributed by atoms with van der Waals surface area (Å²) in [6, 6.07) is 20.6. The molecular formula is C21H24. The topological polar surface area (TPSA) is 0 Å². The van der Waals surface area contributed by atoms with Crippen molar-refractivity contribution in [1.82, 2.24) is 0 Å². The minimum atomic E-state index is 1.02. The molecule has 108 valence electrons. The van der Waals surface area contributed by atoms with Gasteiger partial charge < -0.3 is 0 Å². The van der Waals surface area contributed by atoms with E-state index in [9.17, 15) is 0 Å². The molecule has 0 spiro atoms. The van der Waals surface area contributed by atoms with Crippen molar-refractivity contribution < 1.29 is 0 Å². The molecule has 21 heavy (non-hydrogen) atoms. The molecule has 0 unspecified atom stereocenters. The van der Waals surface area contributed by atoms with Gasteiger partial charge in [-0.05, 0) is 29.2 Å². The number of allylic oxidation sites excluding steroid dienone is 5. The van der Waals surface area contributed by atoms with Gasteiger partial charge in [0.1, 0.15) is 0 Å². The van der Waals surface area contributed by atoms with Gasteiger partial charge in [-0.3, -0.25) is 0 Å². The van der Waals surface area contributed by atoms with E-state index in [1.165, 1.54) is 11.1 Å². The van der Waals surface area contributed by atoms with Crippen molar-refractivity contribution in [3.63, 3.8) is 0 Å². The quantitative estimate of drug-likeness (QED) is 0.568. The fraction of sp³-hybridized carbons (Fsp3) is 0.143. The molecule has 0 amide bonds. The fourth-order valence-electron chi connectivity index (χ4n) is 1.93. The highest BCUT2D eigenvalue weighted by Crippen LogP contribution is 2.19. The van der Waals surface area contributed by atoms with E-state index in [4.69, 9.17) is 0 Å². The van der Waals surface area contributed by atoms with Crippen LogP contribution in [0.4, 0.5) is 0 Å². The molecule has 2 rings (SSSR count). The molecule has 0 heterocycles. The minimum absolute atomic E-state index is 1.02. The Balaban J connectivity index is 0.00000106. The molecule has 0 heteroatoms. The van der Waals surface area contributed by atoms with E-state index in [-0.39, 0.29) is 0 Å². The average Bonchev–Trinajstić information content (AvgIpc) is 2.59. The maximum absolute atomic E-state index is 4.11.